The van der Waals surface area contributed by atoms with Gasteiger partial charge in [-0.05, 0) is 17.7 Å². The fraction of sp³-hybridized carbons (Fsp3) is 0.500. The van der Waals surface area contributed by atoms with E-state index in [0.29, 0.717) is 11.1 Å². The van der Waals surface area contributed by atoms with E-state index in [2.05, 4.69) is 4.74 Å². The Labute approximate surface area is 116 Å². The summed E-state index contributed by atoms with van der Waals surface area (Å²) in [6.07, 6.45) is -4.16. The van der Waals surface area contributed by atoms with Crippen molar-refractivity contribution >= 4 is 5.97 Å². The van der Waals surface area contributed by atoms with Crippen molar-refractivity contribution in [1.82, 2.24) is 4.90 Å². The fourth-order valence-electron chi connectivity index (χ4n) is 1.89. The lowest BCUT2D eigenvalue weighted by Crippen LogP contribution is -2.34. The van der Waals surface area contributed by atoms with Gasteiger partial charge in [0.25, 0.3) is 0 Å². The number of carbonyl (C=O) groups is 1. The molecule has 1 rings (SSSR count). The Balaban J connectivity index is 2.82. The van der Waals surface area contributed by atoms with Crippen molar-refractivity contribution in [1.29, 1.82) is 0 Å². The second-order valence-electron chi connectivity index (χ2n) is 4.44. The maximum atomic E-state index is 12.4. The minimum atomic E-state index is -4.23. The third-order valence-electron chi connectivity index (χ3n) is 2.92. The van der Waals surface area contributed by atoms with E-state index in [1.807, 2.05) is 0 Å². The van der Waals surface area contributed by atoms with Crippen LogP contribution in [0.4, 0.5) is 13.2 Å². The van der Waals surface area contributed by atoms with Crippen molar-refractivity contribution in [2.24, 2.45) is 0 Å². The summed E-state index contributed by atoms with van der Waals surface area (Å²) in [5.41, 5.74) is 1.41. The first-order valence-corrected chi connectivity index (χ1v) is 6.28. The highest BCUT2D eigenvalue weighted by atomic mass is 19.4. The number of alkyl halides is 3. The molecular weight excluding hydrogens is 271 g/mol. The van der Waals surface area contributed by atoms with Crippen LogP contribution in [0.3, 0.4) is 0 Å². The lowest BCUT2D eigenvalue weighted by molar-refractivity contribution is -0.146. The van der Waals surface area contributed by atoms with Crippen LogP contribution < -0.4 is 0 Å². The Morgan fingerprint density at radius 1 is 1.25 bits per heavy atom. The van der Waals surface area contributed by atoms with Gasteiger partial charge in [-0.15, -0.1) is 0 Å². The van der Waals surface area contributed by atoms with Gasteiger partial charge < -0.3 is 4.74 Å². The van der Waals surface area contributed by atoms with Crippen LogP contribution >= 0.6 is 0 Å². The van der Waals surface area contributed by atoms with Gasteiger partial charge in [-0.25, -0.2) is 0 Å². The average molecular weight is 289 g/mol. The third-order valence-corrected chi connectivity index (χ3v) is 2.92. The number of halogens is 3. The monoisotopic (exact) mass is 289 g/mol. The summed E-state index contributed by atoms with van der Waals surface area (Å²) in [5.74, 6) is -0.406. The Kier molecular flexibility index (Phi) is 6.01. The predicted molar refractivity (Wildman–Crippen MR) is 69.2 cm³/mol. The molecule has 1 aromatic carbocycles. The lowest BCUT2D eigenvalue weighted by Gasteiger charge is -2.23. The number of ether oxygens (including phenoxy) is 1. The van der Waals surface area contributed by atoms with E-state index in [4.69, 9.17) is 0 Å². The Morgan fingerprint density at radius 3 is 2.35 bits per heavy atom. The summed E-state index contributed by atoms with van der Waals surface area (Å²) >= 11 is 0. The summed E-state index contributed by atoms with van der Waals surface area (Å²) in [7, 11) is 1.28. The fourth-order valence-corrected chi connectivity index (χ4v) is 1.89. The topological polar surface area (TPSA) is 29.5 Å². The molecule has 0 atom stereocenters. The molecule has 6 heteroatoms. The smallest absolute Gasteiger partial charge is 0.401 e. The van der Waals surface area contributed by atoms with Crippen molar-refractivity contribution in [3.63, 3.8) is 0 Å². The molecule has 0 aliphatic rings. The second kappa shape index (κ2) is 7.28. The molecule has 0 saturated heterocycles. The van der Waals surface area contributed by atoms with Gasteiger partial charge in [-0.3, -0.25) is 9.69 Å². The van der Waals surface area contributed by atoms with Gasteiger partial charge in [0.15, 0.2) is 0 Å². The number of rotatable bonds is 6. The zero-order valence-corrected chi connectivity index (χ0v) is 11.5. The van der Waals surface area contributed by atoms with Crippen LogP contribution in [0, 0.1) is 0 Å². The molecule has 112 valence electrons. The van der Waals surface area contributed by atoms with Gasteiger partial charge in [0.2, 0.25) is 0 Å². The molecule has 1 aromatic rings. The van der Waals surface area contributed by atoms with Crippen molar-refractivity contribution in [3.8, 4) is 0 Å². The number of benzene rings is 1. The predicted octanol–water partition coefficient (Wildman–Crippen LogP) is 2.79. The normalized spacial score (nSPS) is 11.7. The van der Waals surface area contributed by atoms with Crippen LogP contribution in [-0.4, -0.2) is 37.2 Å². The number of carbonyl (C=O) groups excluding carboxylic acids is 1. The minimum absolute atomic E-state index is 0.0657. The average Bonchev–Trinajstić information content (AvgIpc) is 2.38. The summed E-state index contributed by atoms with van der Waals surface area (Å²) in [5, 5.41) is 0. The van der Waals surface area contributed by atoms with Crippen molar-refractivity contribution in [2.45, 2.75) is 26.1 Å². The molecule has 0 fully saturated rings. The molecular formula is C14H18F3NO2. The molecule has 0 aliphatic carbocycles. The van der Waals surface area contributed by atoms with Crippen LogP contribution in [0.5, 0.6) is 0 Å². The molecule has 0 spiro atoms. The van der Waals surface area contributed by atoms with Gasteiger partial charge in [0.05, 0.1) is 20.1 Å². The van der Waals surface area contributed by atoms with Crippen LogP contribution in [0.15, 0.2) is 24.3 Å². The molecule has 0 N–H and O–H groups in total. The van der Waals surface area contributed by atoms with Gasteiger partial charge in [0, 0.05) is 6.54 Å². The number of esters is 1. The van der Waals surface area contributed by atoms with Crippen molar-refractivity contribution in [3.05, 3.63) is 35.4 Å². The first-order valence-electron chi connectivity index (χ1n) is 6.28. The van der Waals surface area contributed by atoms with Crippen LogP contribution in [0.1, 0.15) is 18.1 Å². The van der Waals surface area contributed by atoms with Crippen LogP contribution in [0.25, 0.3) is 0 Å². The van der Waals surface area contributed by atoms with Gasteiger partial charge in [-0.1, -0.05) is 31.2 Å². The number of nitrogens with zero attached hydrogens (tertiary/aromatic N) is 1. The van der Waals surface area contributed by atoms with E-state index < -0.39 is 18.7 Å². The highest BCUT2D eigenvalue weighted by Crippen LogP contribution is 2.19. The molecule has 3 nitrogen and oxygen atoms in total. The molecule has 0 aromatic heterocycles. The Morgan fingerprint density at radius 2 is 1.85 bits per heavy atom. The SMILES string of the molecule is CCN(Cc1ccccc1CC(=O)OC)CC(F)(F)F. The number of hydrogen-bond acceptors (Lipinski definition) is 3. The zero-order valence-electron chi connectivity index (χ0n) is 11.5. The standard InChI is InChI=1S/C14H18F3NO2/c1-3-18(10-14(15,16)17)9-12-7-5-4-6-11(12)8-13(19)20-2/h4-7H,3,8-10H2,1-2H3. The summed E-state index contributed by atoms with van der Waals surface area (Å²) in [6, 6.07) is 6.96. The third kappa shape index (κ3) is 5.61. The summed E-state index contributed by atoms with van der Waals surface area (Å²) in [6.45, 7) is 1.15. The lowest BCUT2D eigenvalue weighted by atomic mass is 10.0. The second-order valence-corrected chi connectivity index (χ2v) is 4.44. The number of hydrogen-bond donors (Lipinski definition) is 0. The molecule has 0 saturated carbocycles. The van der Waals surface area contributed by atoms with Gasteiger partial charge >= 0.3 is 12.1 Å². The molecule has 0 bridgehead atoms. The summed E-state index contributed by atoms with van der Waals surface area (Å²) < 4.78 is 41.9. The molecule has 0 radical (unpaired) electrons. The summed E-state index contributed by atoms with van der Waals surface area (Å²) in [4.78, 5) is 12.6. The highest BCUT2D eigenvalue weighted by Gasteiger charge is 2.30. The minimum Gasteiger partial charge on any atom is -0.469 e. The first kappa shape index (κ1) is 16.5. The largest absolute Gasteiger partial charge is 0.469 e. The van der Waals surface area contributed by atoms with E-state index >= 15 is 0 Å². The Bertz CT molecular complexity index is 446. The molecule has 0 aliphatic heterocycles. The van der Waals surface area contributed by atoms with Crippen LogP contribution in [0.2, 0.25) is 0 Å². The van der Waals surface area contributed by atoms with Crippen LogP contribution in [-0.2, 0) is 22.5 Å². The van der Waals surface area contributed by atoms with E-state index in [1.54, 1.807) is 31.2 Å². The molecule has 20 heavy (non-hydrogen) atoms. The Hall–Kier alpha value is -1.56. The van der Waals surface area contributed by atoms with Gasteiger partial charge in [-0.2, -0.15) is 13.2 Å². The van der Waals surface area contributed by atoms with E-state index in [1.165, 1.54) is 12.0 Å². The molecule has 0 unspecified atom stereocenters. The van der Waals surface area contributed by atoms with E-state index in [-0.39, 0.29) is 19.5 Å². The van der Waals surface area contributed by atoms with E-state index in [0.717, 1.165) is 0 Å². The maximum absolute atomic E-state index is 12.4. The maximum Gasteiger partial charge on any atom is 0.401 e. The first-order chi connectivity index (χ1) is 9.35. The van der Waals surface area contributed by atoms with E-state index in [9.17, 15) is 18.0 Å². The van der Waals surface area contributed by atoms with Crippen molar-refractivity contribution < 1.29 is 22.7 Å². The quantitative estimate of drug-likeness (QED) is 0.754. The molecule has 0 amide bonds. The zero-order chi connectivity index (χ0) is 15.2. The molecule has 0 heterocycles. The van der Waals surface area contributed by atoms with Crippen molar-refractivity contribution in [2.75, 3.05) is 20.2 Å². The highest BCUT2D eigenvalue weighted by molar-refractivity contribution is 5.72. The number of methoxy groups -OCH3 is 1. The van der Waals surface area contributed by atoms with Gasteiger partial charge in [0.1, 0.15) is 0 Å².